The van der Waals surface area contributed by atoms with Gasteiger partial charge in [-0.05, 0) is 54.3 Å². The molecule has 4 rings (SSSR count). The van der Waals surface area contributed by atoms with E-state index in [9.17, 15) is 10.3 Å². The summed E-state index contributed by atoms with van der Waals surface area (Å²) in [6, 6.07) is 17.2. The van der Waals surface area contributed by atoms with Crippen LogP contribution in [0.1, 0.15) is 11.1 Å². The normalized spacial score (nSPS) is 11.6. The molecular formula is C20H16N2O2S. The van der Waals surface area contributed by atoms with Crippen molar-refractivity contribution in [3.05, 3.63) is 71.1 Å². The Bertz CT molecular complexity index is 1070. The number of rotatable bonds is 3. The maximum absolute atomic E-state index is 9.64. The van der Waals surface area contributed by atoms with Gasteiger partial charge in [0.2, 0.25) is 0 Å². The topological polar surface area (TPSA) is 57.8 Å². The third kappa shape index (κ3) is 2.49. The predicted molar refractivity (Wildman–Crippen MR) is 102 cm³/mol. The van der Waals surface area contributed by atoms with Crippen LogP contribution in [0, 0.1) is 6.92 Å². The van der Waals surface area contributed by atoms with Gasteiger partial charge in [-0.3, -0.25) is 0 Å². The summed E-state index contributed by atoms with van der Waals surface area (Å²) in [6.07, 6.45) is 1.49. The molecule has 0 aliphatic carbocycles. The average Bonchev–Trinajstić information content (AvgIpc) is 3.18. The summed E-state index contributed by atoms with van der Waals surface area (Å²) in [4.78, 5) is 1.12. The molecule has 0 bridgehead atoms. The summed E-state index contributed by atoms with van der Waals surface area (Å²) in [7, 11) is 0. The van der Waals surface area contributed by atoms with Gasteiger partial charge in [-0.25, -0.2) is 0 Å². The zero-order chi connectivity index (χ0) is 17.4. The second-order valence-electron chi connectivity index (χ2n) is 5.81. The zero-order valence-electron chi connectivity index (χ0n) is 13.5. The van der Waals surface area contributed by atoms with Crippen molar-refractivity contribution in [2.45, 2.75) is 6.92 Å². The van der Waals surface area contributed by atoms with Crippen LogP contribution in [0.5, 0.6) is 5.75 Å². The molecule has 4 aromatic rings. The monoisotopic (exact) mass is 348 g/mol. The molecule has 0 unspecified atom stereocenters. The molecule has 5 heteroatoms. The second-order valence-corrected chi connectivity index (χ2v) is 6.72. The van der Waals surface area contributed by atoms with Crippen molar-refractivity contribution in [2.24, 2.45) is 5.16 Å². The number of oxime groups is 1. The van der Waals surface area contributed by atoms with Crippen LogP contribution < -0.4 is 0 Å². The summed E-state index contributed by atoms with van der Waals surface area (Å²) in [6.45, 7) is 2.07. The molecule has 0 amide bonds. The van der Waals surface area contributed by atoms with Crippen LogP contribution >= 0.6 is 11.3 Å². The van der Waals surface area contributed by atoms with Gasteiger partial charge in [0.15, 0.2) is 0 Å². The van der Waals surface area contributed by atoms with Crippen LogP contribution in [0.4, 0.5) is 0 Å². The fraction of sp³-hybridized carbons (Fsp3) is 0.0500. The highest BCUT2D eigenvalue weighted by atomic mass is 32.1. The largest absolute Gasteiger partial charge is 0.508 e. The maximum atomic E-state index is 9.64. The van der Waals surface area contributed by atoms with Crippen LogP contribution in [0.3, 0.4) is 0 Å². The number of thiophene rings is 1. The van der Waals surface area contributed by atoms with E-state index in [1.807, 2.05) is 36.4 Å². The van der Waals surface area contributed by atoms with E-state index >= 15 is 0 Å². The van der Waals surface area contributed by atoms with Crippen molar-refractivity contribution in [2.75, 3.05) is 0 Å². The highest BCUT2D eigenvalue weighted by Gasteiger charge is 2.20. The molecule has 124 valence electrons. The molecule has 0 radical (unpaired) electrons. The van der Waals surface area contributed by atoms with E-state index in [1.54, 1.807) is 23.5 Å². The van der Waals surface area contributed by atoms with Crippen LogP contribution in [0.15, 0.2) is 65.1 Å². The quantitative estimate of drug-likeness (QED) is 0.304. The number of nitrogens with zero attached hydrogens (tertiary/aromatic N) is 2. The van der Waals surface area contributed by atoms with E-state index in [2.05, 4.69) is 28.1 Å². The van der Waals surface area contributed by atoms with Crippen molar-refractivity contribution in [1.82, 2.24) is 4.57 Å². The van der Waals surface area contributed by atoms with Gasteiger partial charge in [0.1, 0.15) is 5.75 Å². The summed E-state index contributed by atoms with van der Waals surface area (Å²) >= 11 is 1.66. The number of aryl methyl sites for hydroxylation is 1. The summed E-state index contributed by atoms with van der Waals surface area (Å²) in [5.41, 5.74) is 4.98. The van der Waals surface area contributed by atoms with E-state index in [1.165, 1.54) is 11.8 Å². The fourth-order valence-electron chi connectivity index (χ4n) is 3.16. The van der Waals surface area contributed by atoms with Gasteiger partial charge in [0.25, 0.3) is 0 Å². The molecule has 0 aliphatic heterocycles. The lowest BCUT2D eigenvalue weighted by Gasteiger charge is -2.11. The number of hydrogen-bond donors (Lipinski definition) is 2. The van der Waals surface area contributed by atoms with Crippen molar-refractivity contribution in [1.29, 1.82) is 0 Å². The minimum absolute atomic E-state index is 0.228. The Morgan fingerprint density at radius 1 is 1.04 bits per heavy atom. The summed E-state index contributed by atoms with van der Waals surface area (Å²) < 4.78 is 2.14. The standard InChI is InChI=1S/C20H16N2O2S/c1-13-10-11-25-20(13)19-17(12-21-24)16-4-2-3-5-18(16)22(19)14-6-8-15(23)9-7-14/h2-12,23-24H,1H3. The molecule has 0 saturated carbocycles. The first-order valence-electron chi connectivity index (χ1n) is 7.85. The number of benzene rings is 2. The second kappa shape index (κ2) is 6.11. The minimum atomic E-state index is 0.228. The lowest BCUT2D eigenvalue weighted by atomic mass is 10.1. The van der Waals surface area contributed by atoms with Gasteiger partial charge in [-0.15, -0.1) is 11.3 Å². The highest BCUT2D eigenvalue weighted by Crippen LogP contribution is 2.39. The van der Waals surface area contributed by atoms with E-state index in [0.717, 1.165) is 32.7 Å². The number of hydrogen-bond acceptors (Lipinski definition) is 4. The molecule has 2 aromatic carbocycles. The minimum Gasteiger partial charge on any atom is -0.508 e. The average molecular weight is 348 g/mol. The van der Waals surface area contributed by atoms with Gasteiger partial charge < -0.3 is 14.9 Å². The van der Waals surface area contributed by atoms with E-state index < -0.39 is 0 Å². The van der Waals surface area contributed by atoms with Gasteiger partial charge in [0, 0.05) is 16.6 Å². The molecule has 4 nitrogen and oxygen atoms in total. The van der Waals surface area contributed by atoms with Gasteiger partial charge >= 0.3 is 0 Å². The summed E-state index contributed by atoms with van der Waals surface area (Å²) in [5, 5.41) is 25.2. The van der Waals surface area contributed by atoms with Crippen molar-refractivity contribution in [3.8, 4) is 22.0 Å². The summed E-state index contributed by atoms with van der Waals surface area (Å²) in [5.74, 6) is 0.228. The molecule has 0 fully saturated rings. The fourth-order valence-corrected chi connectivity index (χ4v) is 4.14. The molecule has 2 aromatic heterocycles. The van der Waals surface area contributed by atoms with Crippen molar-refractivity contribution >= 4 is 28.5 Å². The molecule has 2 heterocycles. The Kier molecular flexibility index (Phi) is 3.78. The number of phenolic OH excluding ortho intramolecular Hbond substituents is 1. The third-order valence-electron chi connectivity index (χ3n) is 4.29. The third-order valence-corrected chi connectivity index (χ3v) is 5.31. The first kappa shape index (κ1) is 15.5. The van der Waals surface area contributed by atoms with Crippen LogP contribution in [0.2, 0.25) is 0 Å². The Labute approximate surface area is 148 Å². The Morgan fingerprint density at radius 3 is 2.48 bits per heavy atom. The Hall–Kier alpha value is -3.05. The molecule has 0 saturated heterocycles. The first-order valence-corrected chi connectivity index (χ1v) is 8.73. The smallest absolute Gasteiger partial charge is 0.115 e. The van der Waals surface area contributed by atoms with E-state index in [0.29, 0.717) is 0 Å². The van der Waals surface area contributed by atoms with Crippen molar-refractivity contribution in [3.63, 3.8) is 0 Å². The Balaban J connectivity index is 2.16. The molecule has 0 spiro atoms. The molecule has 25 heavy (non-hydrogen) atoms. The first-order chi connectivity index (χ1) is 12.2. The van der Waals surface area contributed by atoms with E-state index in [-0.39, 0.29) is 5.75 Å². The van der Waals surface area contributed by atoms with Gasteiger partial charge in [-0.1, -0.05) is 23.4 Å². The highest BCUT2D eigenvalue weighted by molar-refractivity contribution is 7.13. The van der Waals surface area contributed by atoms with Crippen LogP contribution in [-0.4, -0.2) is 21.1 Å². The van der Waals surface area contributed by atoms with Gasteiger partial charge in [-0.2, -0.15) is 0 Å². The maximum Gasteiger partial charge on any atom is 0.115 e. The number of aromatic hydroxyl groups is 1. The predicted octanol–water partition coefficient (Wildman–Crippen LogP) is 5.18. The number of aromatic nitrogens is 1. The number of para-hydroxylation sites is 1. The molecular weight excluding hydrogens is 332 g/mol. The SMILES string of the molecule is Cc1ccsc1-c1c(C=NO)c2ccccc2n1-c1ccc(O)cc1. The van der Waals surface area contributed by atoms with E-state index in [4.69, 9.17) is 0 Å². The van der Waals surface area contributed by atoms with Crippen LogP contribution in [0.25, 0.3) is 27.2 Å². The molecule has 0 aliphatic rings. The number of phenols is 1. The Morgan fingerprint density at radius 2 is 1.80 bits per heavy atom. The molecule has 0 atom stereocenters. The number of fused-ring (bicyclic) bond motifs is 1. The lowest BCUT2D eigenvalue weighted by molar-refractivity contribution is 0.322. The van der Waals surface area contributed by atoms with Gasteiger partial charge in [0.05, 0.1) is 22.3 Å². The molecule has 2 N–H and O–H groups in total. The van der Waals surface area contributed by atoms with Crippen molar-refractivity contribution < 1.29 is 10.3 Å². The zero-order valence-corrected chi connectivity index (χ0v) is 14.4. The van der Waals surface area contributed by atoms with Crippen LogP contribution in [-0.2, 0) is 0 Å². The lowest BCUT2D eigenvalue weighted by Crippen LogP contribution is -1.97.